The molecule has 12 rings (SSSR count). The van der Waals surface area contributed by atoms with Crippen LogP contribution in [0, 0.1) is 11.7 Å². The third-order valence-corrected chi connectivity index (χ3v) is 18.3. The Hall–Kier alpha value is -8.76. The van der Waals surface area contributed by atoms with E-state index in [1.807, 2.05) is 71.6 Å². The lowest BCUT2D eigenvalue weighted by molar-refractivity contribution is -0.159. The summed E-state index contributed by atoms with van der Waals surface area (Å²) in [5, 5.41) is 28.4. The number of aromatic nitrogens is 5. The molecule has 4 aliphatic rings. The van der Waals surface area contributed by atoms with Gasteiger partial charge in [-0.15, -0.1) is 11.3 Å². The number of carboxylic acids is 1. The second-order valence-electron chi connectivity index (χ2n) is 22.0. The topological polar surface area (TPSA) is 243 Å². The van der Waals surface area contributed by atoms with Crippen molar-refractivity contribution < 1.29 is 47.8 Å². The predicted octanol–water partition coefficient (Wildman–Crippen LogP) is 7.49. The second kappa shape index (κ2) is 23.1. The summed E-state index contributed by atoms with van der Waals surface area (Å²) in [7, 11) is 1.78. The Morgan fingerprint density at radius 3 is 2.35 bits per heavy atom. The van der Waals surface area contributed by atoms with Gasteiger partial charge in [0.1, 0.15) is 29.7 Å². The number of benzene rings is 5. The standard InChI is InChI=1S/C61H59ClFN11O9S/c1-70-48-28-41(44(63)27-37(48)30-66-70)39-12-6-16-47-54(39)55(69-74(47)34-52(77)64-31-51(76)65-32-53(78)79)35-18-23-71(24-19-35)58(80)36-9-8-22-73(33-36)60(82)61(83-49-17-5-3-11-40(49)57-68-46-15-7-13-43(62)56(46)84-57)20-25-72(26-21-61)59(81)42-29-50(75)67-45-14-4-2-10-38(42)45/h2-7,10-17,27-28,30,35-36,42H,8-9,18-26,29,31-34H2,1H3,(H,64,77)(H,65,76)(H,67,75)(H,78,79)/t36?,42-/m0/s1. The molecule has 3 aromatic heterocycles. The van der Waals surface area contributed by atoms with Gasteiger partial charge in [0.25, 0.3) is 5.91 Å². The predicted molar refractivity (Wildman–Crippen MR) is 313 cm³/mol. The number of fused-ring (bicyclic) bond motifs is 4. The summed E-state index contributed by atoms with van der Waals surface area (Å²) >= 11 is 8.04. The van der Waals surface area contributed by atoms with Crippen LogP contribution in [-0.4, -0.2) is 144 Å². The third-order valence-electron chi connectivity index (χ3n) is 16.7. The molecule has 0 spiro atoms. The number of carboxylic acid groups (broad SMARTS) is 1. The van der Waals surface area contributed by atoms with Gasteiger partial charge in [0, 0.05) is 93.5 Å². The first kappa shape index (κ1) is 55.8. The minimum Gasteiger partial charge on any atom is -0.480 e. The number of rotatable bonds is 14. The number of nitrogens with one attached hydrogen (secondary N) is 3. The van der Waals surface area contributed by atoms with E-state index in [0.29, 0.717) is 111 Å². The molecule has 4 N–H and O–H groups in total. The number of piperidine rings is 3. The van der Waals surface area contributed by atoms with Crippen LogP contribution in [0.1, 0.15) is 68.0 Å². The van der Waals surface area contributed by atoms with Crippen molar-refractivity contribution in [1.29, 1.82) is 0 Å². The molecule has 0 saturated carbocycles. The Balaban J connectivity index is 0.785. The second-order valence-corrected chi connectivity index (χ2v) is 23.4. The minimum absolute atomic E-state index is 0.00525. The van der Waals surface area contributed by atoms with Gasteiger partial charge in [-0.2, -0.15) is 10.2 Å². The van der Waals surface area contributed by atoms with Crippen molar-refractivity contribution in [2.24, 2.45) is 13.0 Å². The van der Waals surface area contributed by atoms with Crippen LogP contribution < -0.4 is 20.7 Å². The van der Waals surface area contributed by atoms with Crippen molar-refractivity contribution in [2.75, 3.05) is 57.7 Å². The molecule has 84 heavy (non-hydrogen) atoms. The van der Waals surface area contributed by atoms with Crippen molar-refractivity contribution >= 4 is 102 Å². The Labute approximate surface area is 489 Å². The summed E-state index contributed by atoms with van der Waals surface area (Å²) in [5.74, 6) is -4.70. The highest BCUT2D eigenvalue weighted by Gasteiger charge is 2.50. The Bertz CT molecular complexity index is 3960. The number of halogens is 2. The normalized spacial score (nSPS) is 18.1. The van der Waals surface area contributed by atoms with Gasteiger partial charge < -0.3 is 40.5 Å². The molecule has 23 heteroatoms. The summed E-state index contributed by atoms with van der Waals surface area (Å²) < 4.78 is 27.3. The maximum atomic E-state index is 16.2. The average Bonchev–Trinajstić information content (AvgIpc) is 2.02. The number of anilines is 1. The summed E-state index contributed by atoms with van der Waals surface area (Å²) in [4.78, 5) is 104. The van der Waals surface area contributed by atoms with Crippen molar-refractivity contribution in [3.05, 3.63) is 125 Å². The molecule has 3 fully saturated rings. The number of thiazole rings is 1. The van der Waals surface area contributed by atoms with E-state index in [2.05, 4.69) is 21.0 Å². The van der Waals surface area contributed by atoms with E-state index in [-0.39, 0.29) is 75.0 Å². The fraction of sp³-hybridized carbons (Fsp3) is 0.344. The molecule has 2 atom stereocenters. The summed E-state index contributed by atoms with van der Waals surface area (Å²) in [6.45, 7) is 0.294. The van der Waals surface area contributed by atoms with Gasteiger partial charge in [-0.05, 0) is 85.3 Å². The summed E-state index contributed by atoms with van der Waals surface area (Å²) in [6.07, 6.45) is 4.00. The molecule has 0 aliphatic carbocycles. The molecular formula is C61H59ClFN11O9S. The maximum Gasteiger partial charge on any atom is 0.322 e. The quantitative estimate of drug-likeness (QED) is 0.0828. The molecule has 7 heterocycles. The first-order valence-electron chi connectivity index (χ1n) is 28.1. The van der Waals surface area contributed by atoms with Crippen LogP contribution >= 0.6 is 22.9 Å². The summed E-state index contributed by atoms with van der Waals surface area (Å²) in [5.41, 5.74) is 4.07. The lowest BCUT2D eigenvalue weighted by Gasteiger charge is -2.45. The molecular weight excluding hydrogens is 1120 g/mol. The lowest BCUT2D eigenvalue weighted by Crippen LogP contribution is -2.61. The number of aliphatic carboxylic acids is 1. The molecule has 4 aliphatic heterocycles. The molecule has 3 saturated heterocycles. The molecule has 432 valence electrons. The van der Waals surface area contributed by atoms with E-state index in [9.17, 15) is 28.8 Å². The van der Waals surface area contributed by atoms with Gasteiger partial charge in [0.05, 0.1) is 62.1 Å². The number of nitrogens with zero attached hydrogens (tertiary/aromatic N) is 8. The lowest BCUT2D eigenvalue weighted by atomic mass is 9.85. The van der Waals surface area contributed by atoms with E-state index in [4.69, 9.17) is 31.5 Å². The molecule has 6 amide bonds. The van der Waals surface area contributed by atoms with Gasteiger partial charge in [0.2, 0.25) is 29.5 Å². The zero-order valence-corrected chi connectivity index (χ0v) is 47.4. The largest absolute Gasteiger partial charge is 0.480 e. The maximum absolute atomic E-state index is 16.2. The van der Waals surface area contributed by atoms with E-state index in [0.717, 1.165) is 15.8 Å². The highest BCUT2D eigenvalue weighted by atomic mass is 35.5. The van der Waals surface area contributed by atoms with E-state index >= 15 is 9.18 Å². The number of carbonyl (C=O) groups is 7. The van der Waals surface area contributed by atoms with Crippen LogP contribution in [-0.2, 0) is 47.2 Å². The van der Waals surface area contributed by atoms with Crippen molar-refractivity contribution in [3.63, 3.8) is 0 Å². The van der Waals surface area contributed by atoms with Crippen LogP contribution in [0.3, 0.4) is 0 Å². The number of amides is 6. The Morgan fingerprint density at radius 2 is 1.55 bits per heavy atom. The van der Waals surface area contributed by atoms with Crippen molar-refractivity contribution in [3.8, 4) is 27.4 Å². The van der Waals surface area contributed by atoms with Crippen LogP contribution in [0.15, 0.2) is 103 Å². The first-order chi connectivity index (χ1) is 40.6. The smallest absolute Gasteiger partial charge is 0.322 e. The number of hydrogen-bond acceptors (Lipinski definition) is 12. The van der Waals surface area contributed by atoms with Gasteiger partial charge in [-0.1, -0.05) is 60.1 Å². The Morgan fingerprint density at radius 1 is 0.810 bits per heavy atom. The Kier molecular flexibility index (Phi) is 15.3. The number of likely N-dealkylation sites (tertiary alicyclic amines) is 3. The first-order valence-corrected chi connectivity index (χ1v) is 29.3. The summed E-state index contributed by atoms with van der Waals surface area (Å²) in [6, 6.07) is 28.9. The van der Waals surface area contributed by atoms with Gasteiger partial charge in [0.15, 0.2) is 5.60 Å². The van der Waals surface area contributed by atoms with E-state index in [1.165, 1.54) is 22.1 Å². The number of aryl methyl sites for hydroxylation is 1. The van der Waals surface area contributed by atoms with Gasteiger partial charge in [-0.3, -0.25) is 42.9 Å². The van der Waals surface area contributed by atoms with Crippen LogP contribution in [0.2, 0.25) is 5.02 Å². The SMILES string of the molecule is Cn1ncc2cc(F)c(-c3cccc4c3c(C3CCN(C(=O)C5CCCN(C(=O)C6(Oc7ccccc7-c7nc8cccc(Cl)c8s7)CCN(C(=O)[C@H]7CC(=O)Nc8ccccc87)CC6)C5)CC3)nn4CC(=O)NCC(=O)NCC(=O)O)cc21. The van der Waals surface area contributed by atoms with Gasteiger partial charge in [-0.25, -0.2) is 9.37 Å². The van der Waals surface area contributed by atoms with E-state index in [1.54, 1.807) is 52.0 Å². The number of ether oxygens (including phenoxy) is 1. The molecule has 20 nitrogen and oxygen atoms in total. The highest BCUT2D eigenvalue weighted by molar-refractivity contribution is 7.22. The average molecular weight is 1180 g/mol. The molecule has 5 aromatic carbocycles. The van der Waals surface area contributed by atoms with Crippen LogP contribution in [0.4, 0.5) is 10.1 Å². The zero-order chi connectivity index (χ0) is 58.4. The number of hydrogen-bond donors (Lipinski definition) is 4. The minimum atomic E-state index is -1.44. The monoisotopic (exact) mass is 1180 g/mol. The fourth-order valence-corrected chi connectivity index (χ4v) is 13.7. The van der Waals surface area contributed by atoms with Crippen LogP contribution in [0.5, 0.6) is 5.75 Å². The van der Waals surface area contributed by atoms with Gasteiger partial charge >= 0.3 is 5.97 Å². The molecule has 1 unspecified atom stereocenters. The fourth-order valence-electron chi connectivity index (χ4n) is 12.4. The molecule has 0 bridgehead atoms. The zero-order valence-electron chi connectivity index (χ0n) is 45.8. The molecule has 8 aromatic rings. The number of carbonyl (C=O) groups excluding carboxylic acids is 6. The molecule has 0 radical (unpaired) electrons. The highest BCUT2D eigenvalue weighted by Crippen LogP contribution is 2.44. The van der Waals surface area contributed by atoms with Crippen LogP contribution in [0.25, 0.3) is 53.7 Å². The van der Waals surface area contributed by atoms with Crippen molar-refractivity contribution in [1.82, 2.24) is 49.9 Å². The third kappa shape index (κ3) is 10.9. The number of para-hydroxylation sites is 2. The van der Waals surface area contributed by atoms with Crippen molar-refractivity contribution in [2.45, 2.75) is 68.9 Å². The van der Waals surface area contributed by atoms with E-state index < -0.39 is 54.1 Å².